The minimum Gasteiger partial charge on any atom is -0.310 e. The normalized spacial score (nSPS) is 10.6. The Kier molecular flexibility index (Phi) is 5.80. The lowest BCUT2D eigenvalue weighted by Crippen LogP contribution is -2.21. The molecule has 0 aliphatic carbocycles. The van der Waals surface area contributed by atoms with Crippen LogP contribution >= 0.6 is 27.7 Å². The van der Waals surface area contributed by atoms with Gasteiger partial charge in [-0.2, -0.15) is 5.26 Å². The van der Waals surface area contributed by atoms with Gasteiger partial charge in [-0.25, -0.2) is 4.98 Å². The maximum absolute atomic E-state index is 9.35. The zero-order chi connectivity index (χ0) is 15.2. The second-order valence-corrected chi connectivity index (χ2v) is 6.76. The van der Waals surface area contributed by atoms with E-state index in [-0.39, 0.29) is 0 Å². The van der Waals surface area contributed by atoms with Gasteiger partial charge < -0.3 is 5.32 Å². The summed E-state index contributed by atoms with van der Waals surface area (Å²) < 4.78 is 0.935. The summed E-state index contributed by atoms with van der Waals surface area (Å²) in [6.07, 6.45) is 1.75. The number of pyridine rings is 1. The van der Waals surface area contributed by atoms with E-state index in [0.717, 1.165) is 26.5 Å². The van der Waals surface area contributed by atoms with E-state index in [0.29, 0.717) is 11.6 Å². The standard InChI is InChI=1S/C16H16BrN3S/c1-11(2)20-10-12-5-6-15(13(8-12)9-18)21-16-14(17)4-3-7-19-16/h3-8,11,20H,10H2,1-2H3. The lowest BCUT2D eigenvalue weighted by atomic mass is 10.1. The highest BCUT2D eigenvalue weighted by atomic mass is 79.9. The number of nitrogens with one attached hydrogen (secondary N) is 1. The van der Waals surface area contributed by atoms with Crippen LogP contribution in [-0.4, -0.2) is 11.0 Å². The van der Waals surface area contributed by atoms with E-state index < -0.39 is 0 Å². The number of nitrogens with zero attached hydrogens (tertiary/aromatic N) is 2. The lowest BCUT2D eigenvalue weighted by Gasteiger charge is -2.10. The monoisotopic (exact) mass is 361 g/mol. The Balaban J connectivity index is 2.21. The molecule has 0 saturated heterocycles. The van der Waals surface area contributed by atoms with Gasteiger partial charge in [0.25, 0.3) is 0 Å². The largest absolute Gasteiger partial charge is 0.310 e. The molecule has 5 heteroatoms. The first kappa shape index (κ1) is 16.0. The molecule has 21 heavy (non-hydrogen) atoms. The van der Waals surface area contributed by atoms with Crippen molar-refractivity contribution in [3.8, 4) is 6.07 Å². The predicted molar refractivity (Wildman–Crippen MR) is 89.2 cm³/mol. The molecule has 0 aliphatic heterocycles. The van der Waals surface area contributed by atoms with Gasteiger partial charge in [-0.1, -0.05) is 31.7 Å². The highest BCUT2D eigenvalue weighted by Crippen LogP contribution is 2.33. The summed E-state index contributed by atoms with van der Waals surface area (Å²) in [5.41, 5.74) is 1.80. The number of nitriles is 1. The summed E-state index contributed by atoms with van der Waals surface area (Å²) in [5.74, 6) is 0. The fourth-order valence-corrected chi connectivity index (χ4v) is 3.07. The van der Waals surface area contributed by atoms with Crippen molar-refractivity contribution < 1.29 is 0 Å². The Hall–Kier alpha value is -1.35. The second-order valence-electron chi connectivity index (χ2n) is 4.87. The van der Waals surface area contributed by atoms with Gasteiger partial charge in [-0.3, -0.25) is 0 Å². The number of rotatable bonds is 5. The van der Waals surface area contributed by atoms with Gasteiger partial charge in [0.15, 0.2) is 0 Å². The van der Waals surface area contributed by atoms with Crippen LogP contribution < -0.4 is 5.32 Å². The zero-order valence-corrected chi connectivity index (χ0v) is 14.3. The molecular formula is C16H16BrN3S. The molecular weight excluding hydrogens is 346 g/mol. The van der Waals surface area contributed by atoms with Gasteiger partial charge in [0.1, 0.15) is 11.1 Å². The molecule has 0 amide bonds. The molecule has 0 unspecified atom stereocenters. The van der Waals surface area contributed by atoms with Crippen LogP contribution in [0.15, 0.2) is 50.9 Å². The van der Waals surface area contributed by atoms with Gasteiger partial charge in [0.2, 0.25) is 0 Å². The second kappa shape index (κ2) is 7.60. The van der Waals surface area contributed by atoms with Crippen molar-refractivity contribution in [2.24, 2.45) is 0 Å². The predicted octanol–water partition coefficient (Wildman–Crippen LogP) is 4.36. The van der Waals surface area contributed by atoms with Gasteiger partial charge in [-0.15, -0.1) is 0 Å². The van der Waals surface area contributed by atoms with Gasteiger partial charge >= 0.3 is 0 Å². The molecule has 108 valence electrons. The molecule has 0 atom stereocenters. The average molecular weight is 362 g/mol. The third kappa shape index (κ3) is 4.57. The SMILES string of the molecule is CC(C)NCc1ccc(Sc2ncccc2Br)c(C#N)c1. The molecule has 0 radical (unpaired) electrons. The van der Waals surface area contributed by atoms with Crippen molar-refractivity contribution in [2.75, 3.05) is 0 Å². The van der Waals surface area contributed by atoms with Crippen LogP contribution in [0.1, 0.15) is 25.0 Å². The molecule has 0 aliphatic rings. The zero-order valence-electron chi connectivity index (χ0n) is 11.9. The fraction of sp³-hybridized carbons (Fsp3) is 0.250. The summed E-state index contributed by atoms with van der Waals surface area (Å²) >= 11 is 4.98. The summed E-state index contributed by atoms with van der Waals surface area (Å²) in [6, 6.07) is 12.5. The fourth-order valence-electron chi connectivity index (χ4n) is 1.74. The average Bonchev–Trinajstić information content (AvgIpc) is 2.48. The first-order valence-corrected chi connectivity index (χ1v) is 8.26. The Labute approximate surface area is 137 Å². The van der Waals surface area contributed by atoms with E-state index in [2.05, 4.69) is 52.2 Å². The Morgan fingerprint density at radius 3 is 2.86 bits per heavy atom. The van der Waals surface area contributed by atoms with Crippen molar-refractivity contribution in [2.45, 2.75) is 36.4 Å². The Morgan fingerprint density at radius 2 is 2.19 bits per heavy atom. The van der Waals surface area contributed by atoms with Gasteiger partial charge in [-0.05, 0) is 45.8 Å². The van der Waals surface area contributed by atoms with E-state index in [4.69, 9.17) is 0 Å². The van der Waals surface area contributed by atoms with E-state index in [9.17, 15) is 5.26 Å². The third-order valence-corrected chi connectivity index (χ3v) is 4.81. The van der Waals surface area contributed by atoms with Crippen molar-refractivity contribution >= 4 is 27.7 Å². The smallest absolute Gasteiger partial charge is 0.115 e. The minimum atomic E-state index is 0.425. The molecule has 1 aromatic heterocycles. The van der Waals surface area contributed by atoms with E-state index in [1.165, 1.54) is 11.8 Å². The van der Waals surface area contributed by atoms with Crippen LogP contribution in [-0.2, 0) is 6.54 Å². The molecule has 0 bridgehead atoms. The van der Waals surface area contributed by atoms with Gasteiger partial charge in [0.05, 0.1) is 10.0 Å². The number of aromatic nitrogens is 1. The molecule has 1 aromatic carbocycles. The molecule has 2 aromatic rings. The number of hydrogen-bond acceptors (Lipinski definition) is 4. The number of halogens is 1. The third-order valence-electron chi connectivity index (χ3n) is 2.81. The summed E-state index contributed by atoms with van der Waals surface area (Å²) in [7, 11) is 0. The topological polar surface area (TPSA) is 48.7 Å². The van der Waals surface area contributed by atoms with Crippen LogP contribution in [0.4, 0.5) is 0 Å². The van der Waals surface area contributed by atoms with Crippen molar-refractivity contribution in [1.82, 2.24) is 10.3 Å². The molecule has 2 rings (SSSR count). The van der Waals surface area contributed by atoms with Crippen LogP contribution in [0.3, 0.4) is 0 Å². The van der Waals surface area contributed by atoms with Crippen LogP contribution in [0, 0.1) is 11.3 Å². The van der Waals surface area contributed by atoms with Gasteiger partial charge in [0, 0.05) is 23.7 Å². The quantitative estimate of drug-likeness (QED) is 0.858. The number of benzene rings is 1. The Morgan fingerprint density at radius 1 is 1.38 bits per heavy atom. The van der Waals surface area contributed by atoms with Crippen molar-refractivity contribution in [3.05, 3.63) is 52.1 Å². The van der Waals surface area contributed by atoms with E-state index in [1.807, 2.05) is 24.3 Å². The summed E-state index contributed by atoms with van der Waals surface area (Å²) in [5, 5.41) is 13.6. The highest BCUT2D eigenvalue weighted by Gasteiger charge is 2.09. The minimum absolute atomic E-state index is 0.425. The molecule has 3 nitrogen and oxygen atoms in total. The van der Waals surface area contributed by atoms with Crippen LogP contribution in [0.5, 0.6) is 0 Å². The highest BCUT2D eigenvalue weighted by molar-refractivity contribution is 9.10. The number of hydrogen-bond donors (Lipinski definition) is 1. The van der Waals surface area contributed by atoms with Crippen molar-refractivity contribution in [3.63, 3.8) is 0 Å². The molecule has 1 N–H and O–H groups in total. The Bertz CT molecular complexity index is 665. The maximum Gasteiger partial charge on any atom is 0.115 e. The first-order chi connectivity index (χ1) is 10.1. The van der Waals surface area contributed by atoms with Crippen LogP contribution in [0.2, 0.25) is 0 Å². The van der Waals surface area contributed by atoms with E-state index >= 15 is 0 Å². The van der Waals surface area contributed by atoms with Crippen LogP contribution in [0.25, 0.3) is 0 Å². The van der Waals surface area contributed by atoms with E-state index in [1.54, 1.807) is 6.20 Å². The molecule has 0 fully saturated rings. The maximum atomic E-state index is 9.35. The summed E-state index contributed by atoms with van der Waals surface area (Å²) in [4.78, 5) is 5.25. The summed E-state index contributed by atoms with van der Waals surface area (Å²) in [6.45, 7) is 4.98. The first-order valence-electron chi connectivity index (χ1n) is 6.65. The molecule has 0 spiro atoms. The van der Waals surface area contributed by atoms with Crippen molar-refractivity contribution in [1.29, 1.82) is 5.26 Å². The lowest BCUT2D eigenvalue weighted by molar-refractivity contribution is 0.588. The molecule has 0 saturated carbocycles. The molecule has 1 heterocycles.